The molecule has 1 aromatic carbocycles. The van der Waals surface area contributed by atoms with E-state index in [0.29, 0.717) is 0 Å². The average molecular weight is 271 g/mol. The lowest BCUT2D eigenvalue weighted by molar-refractivity contribution is 0.199. The topological polar surface area (TPSA) is 61.8 Å². The number of hydrogen-bond acceptors (Lipinski definition) is 4. The van der Waals surface area contributed by atoms with Gasteiger partial charge in [0, 0.05) is 6.20 Å². The van der Waals surface area contributed by atoms with Crippen molar-refractivity contribution in [1.82, 2.24) is 15.0 Å². The van der Waals surface area contributed by atoms with Crippen LogP contribution in [0.1, 0.15) is 18.6 Å². The van der Waals surface area contributed by atoms with E-state index in [4.69, 9.17) is 0 Å². The molecular formula is C14H13N3OS. The molecule has 0 aliphatic rings. The van der Waals surface area contributed by atoms with Crippen LogP contribution in [0.3, 0.4) is 0 Å². The third-order valence-electron chi connectivity index (χ3n) is 2.81. The Balaban J connectivity index is 1.90. The molecule has 0 radical (unpaired) electrons. The second-order valence-electron chi connectivity index (χ2n) is 4.26. The highest BCUT2D eigenvalue weighted by molar-refractivity contribution is 7.99. The van der Waals surface area contributed by atoms with E-state index in [-0.39, 0.29) is 0 Å². The minimum absolute atomic E-state index is 0.488. The Morgan fingerprint density at radius 2 is 2.11 bits per heavy atom. The van der Waals surface area contributed by atoms with Gasteiger partial charge in [0.2, 0.25) is 0 Å². The molecule has 0 aliphatic carbocycles. The molecule has 0 saturated heterocycles. The highest BCUT2D eigenvalue weighted by Crippen LogP contribution is 2.27. The van der Waals surface area contributed by atoms with Crippen molar-refractivity contribution in [3.8, 4) is 0 Å². The first-order valence-electron chi connectivity index (χ1n) is 5.99. The Bertz CT molecular complexity index is 675. The molecular weight excluding hydrogens is 258 g/mol. The summed E-state index contributed by atoms with van der Waals surface area (Å²) < 4.78 is 0. The predicted molar refractivity (Wildman–Crippen MR) is 75.1 cm³/mol. The van der Waals surface area contributed by atoms with Crippen molar-refractivity contribution in [3.63, 3.8) is 0 Å². The summed E-state index contributed by atoms with van der Waals surface area (Å²) in [4.78, 5) is 12.0. The maximum absolute atomic E-state index is 9.57. The second-order valence-corrected chi connectivity index (χ2v) is 5.27. The van der Waals surface area contributed by atoms with Crippen LogP contribution in [-0.4, -0.2) is 20.1 Å². The molecule has 0 unspecified atom stereocenters. The number of pyridine rings is 1. The van der Waals surface area contributed by atoms with Crippen molar-refractivity contribution in [2.45, 2.75) is 23.2 Å². The summed E-state index contributed by atoms with van der Waals surface area (Å²) >= 11 is 1.46. The van der Waals surface area contributed by atoms with Crippen LogP contribution in [0.25, 0.3) is 11.0 Å². The Labute approximate surface area is 114 Å². The first-order valence-corrected chi connectivity index (χ1v) is 6.80. The van der Waals surface area contributed by atoms with Gasteiger partial charge in [0.05, 0.1) is 17.1 Å². The number of benzene rings is 1. The molecule has 0 saturated carbocycles. The predicted octanol–water partition coefficient (Wildman–Crippen LogP) is 3.16. The fraction of sp³-hybridized carbons (Fsp3) is 0.143. The largest absolute Gasteiger partial charge is 0.389 e. The van der Waals surface area contributed by atoms with Gasteiger partial charge in [-0.2, -0.15) is 0 Å². The van der Waals surface area contributed by atoms with E-state index in [1.807, 2.05) is 36.4 Å². The summed E-state index contributed by atoms with van der Waals surface area (Å²) in [6, 6.07) is 11.6. The van der Waals surface area contributed by atoms with Gasteiger partial charge in [-0.3, -0.25) is 0 Å². The van der Waals surface area contributed by atoms with Crippen LogP contribution in [0.15, 0.2) is 52.8 Å². The molecule has 0 aliphatic heterocycles. The number of hydrogen-bond donors (Lipinski definition) is 2. The van der Waals surface area contributed by atoms with Crippen molar-refractivity contribution < 1.29 is 5.11 Å². The molecule has 96 valence electrons. The van der Waals surface area contributed by atoms with Crippen LogP contribution in [0.5, 0.6) is 0 Å². The number of aliphatic hydroxyl groups is 1. The standard InChI is InChI=1S/C14H13N3OS/c1-9(18)10-6-7-15-13(8-10)19-14-16-11-4-2-3-5-12(11)17-14/h2-9,18H,1H3,(H,16,17)/t9-/m0/s1. The van der Waals surface area contributed by atoms with Crippen LogP contribution in [0.4, 0.5) is 0 Å². The Morgan fingerprint density at radius 1 is 1.26 bits per heavy atom. The number of fused-ring (bicyclic) bond motifs is 1. The summed E-state index contributed by atoms with van der Waals surface area (Å²) in [5.74, 6) is 0. The first kappa shape index (κ1) is 12.2. The van der Waals surface area contributed by atoms with Crippen LogP contribution in [0.2, 0.25) is 0 Å². The van der Waals surface area contributed by atoms with Crippen molar-refractivity contribution in [2.75, 3.05) is 0 Å². The third-order valence-corrected chi connectivity index (χ3v) is 3.63. The zero-order valence-electron chi connectivity index (χ0n) is 10.4. The fourth-order valence-corrected chi connectivity index (χ4v) is 2.63. The Hall–Kier alpha value is -1.85. The molecule has 0 amide bonds. The smallest absolute Gasteiger partial charge is 0.172 e. The summed E-state index contributed by atoms with van der Waals surface area (Å²) in [7, 11) is 0. The number of aromatic amines is 1. The van der Waals surface area contributed by atoms with Gasteiger partial charge in [-0.1, -0.05) is 12.1 Å². The molecule has 19 heavy (non-hydrogen) atoms. The van der Waals surface area contributed by atoms with E-state index in [2.05, 4.69) is 15.0 Å². The van der Waals surface area contributed by atoms with E-state index in [1.54, 1.807) is 13.1 Å². The number of aromatic nitrogens is 3. The zero-order valence-corrected chi connectivity index (χ0v) is 11.2. The lowest BCUT2D eigenvalue weighted by Gasteiger charge is -2.05. The van der Waals surface area contributed by atoms with Crippen LogP contribution in [-0.2, 0) is 0 Å². The number of nitrogens with one attached hydrogen (secondary N) is 1. The number of para-hydroxylation sites is 2. The second kappa shape index (κ2) is 5.03. The minimum atomic E-state index is -0.488. The van der Waals surface area contributed by atoms with Crippen LogP contribution < -0.4 is 0 Å². The number of rotatable bonds is 3. The molecule has 3 aromatic rings. The molecule has 0 spiro atoms. The summed E-state index contributed by atoms with van der Waals surface area (Å²) in [6.45, 7) is 1.74. The van der Waals surface area contributed by atoms with Gasteiger partial charge in [0.15, 0.2) is 5.16 Å². The molecule has 5 heteroatoms. The highest BCUT2D eigenvalue weighted by Gasteiger charge is 2.07. The summed E-state index contributed by atoms with van der Waals surface area (Å²) in [5, 5.41) is 11.2. The van der Waals surface area contributed by atoms with Crippen LogP contribution in [0, 0.1) is 0 Å². The molecule has 2 aromatic heterocycles. The molecule has 3 rings (SSSR count). The van der Waals surface area contributed by atoms with Gasteiger partial charge < -0.3 is 10.1 Å². The summed E-state index contributed by atoms with van der Waals surface area (Å²) in [5.41, 5.74) is 2.81. The SMILES string of the molecule is C[C@H](O)c1ccnc(Sc2nc3ccccc3[nH]2)c1. The molecule has 4 nitrogen and oxygen atoms in total. The highest BCUT2D eigenvalue weighted by atomic mass is 32.2. The fourth-order valence-electron chi connectivity index (χ4n) is 1.82. The van der Waals surface area contributed by atoms with Gasteiger partial charge in [0.1, 0.15) is 5.03 Å². The Morgan fingerprint density at radius 3 is 2.89 bits per heavy atom. The van der Waals surface area contributed by atoms with E-state index in [0.717, 1.165) is 26.8 Å². The molecule has 2 N–H and O–H groups in total. The van der Waals surface area contributed by atoms with Crippen molar-refractivity contribution in [2.24, 2.45) is 0 Å². The van der Waals surface area contributed by atoms with E-state index in [1.165, 1.54) is 11.8 Å². The van der Waals surface area contributed by atoms with Crippen molar-refractivity contribution >= 4 is 22.8 Å². The maximum Gasteiger partial charge on any atom is 0.172 e. The lowest BCUT2D eigenvalue weighted by atomic mass is 10.2. The zero-order chi connectivity index (χ0) is 13.2. The summed E-state index contributed by atoms with van der Waals surface area (Å²) in [6.07, 6.45) is 1.21. The number of aliphatic hydroxyl groups excluding tert-OH is 1. The quantitative estimate of drug-likeness (QED) is 0.768. The number of imidazole rings is 1. The molecule has 0 bridgehead atoms. The van der Waals surface area contributed by atoms with Gasteiger partial charge in [0.25, 0.3) is 0 Å². The van der Waals surface area contributed by atoms with E-state index >= 15 is 0 Å². The molecule has 0 fully saturated rings. The van der Waals surface area contributed by atoms with Crippen LogP contribution >= 0.6 is 11.8 Å². The maximum atomic E-state index is 9.57. The average Bonchev–Trinajstić information content (AvgIpc) is 2.81. The monoisotopic (exact) mass is 271 g/mol. The number of nitrogens with zero attached hydrogens (tertiary/aromatic N) is 2. The van der Waals surface area contributed by atoms with Gasteiger partial charge in [-0.15, -0.1) is 0 Å². The molecule has 1 atom stereocenters. The Kier molecular flexibility index (Phi) is 3.23. The third kappa shape index (κ3) is 2.62. The first-order chi connectivity index (χ1) is 9.22. The van der Waals surface area contributed by atoms with Gasteiger partial charge in [-0.05, 0) is 48.5 Å². The van der Waals surface area contributed by atoms with Gasteiger partial charge in [-0.25, -0.2) is 9.97 Å². The molecule has 2 heterocycles. The normalized spacial score (nSPS) is 12.7. The minimum Gasteiger partial charge on any atom is -0.389 e. The number of H-pyrrole nitrogens is 1. The van der Waals surface area contributed by atoms with Crippen molar-refractivity contribution in [1.29, 1.82) is 0 Å². The van der Waals surface area contributed by atoms with Gasteiger partial charge >= 0.3 is 0 Å². The lowest BCUT2D eigenvalue weighted by Crippen LogP contribution is -1.92. The van der Waals surface area contributed by atoms with E-state index < -0.39 is 6.10 Å². The van der Waals surface area contributed by atoms with Crippen molar-refractivity contribution in [3.05, 3.63) is 48.2 Å². The van der Waals surface area contributed by atoms with E-state index in [9.17, 15) is 5.11 Å².